The summed E-state index contributed by atoms with van der Waals surface area (Å²) >= 11 is 0. The van der Waals surface area contributed by atoms with Crippen LogP contribution >= 0.6 is 0 Å². The fraction of sp³-hybridized carbons (Fsp3) is 0. The van der Waals surface area contributed by atoms with Gasteiger partial charge in [-0.15, -0.1) is 0 Å². The van der Waals surface area contributed by atoms with E-state index in [2.05, 4.69) is 36.4 Å². The molecule has 0 fully saturated rings. The van der Waals surface area contributed by atoms with Crippen molar-refractivity contribution in [3.05, 3.63) is 96.6 Å². The average molecular weight is 364 g/mol. The quantitative estimate of drug-likeness (QED) is 0.191. The zero-order chi connectivity index (χ0) is 18.8. The SMILES string of the molecule is Fc1ccc2cc3c(ccc4c5cc6ccc(F)cc6cc5ccc34)cc2c1. The van der Waals surface area contributed by atoms with Crippen molar-refractivity contribution in [3.63, 3.8) is 0 Å². The number of rotatable bonds is 0. The fourth-order valence-corrected chi connectivity index (χ4v) is 4.31. The molecule has 0 aromatic heterocycles. The lowest BCUT2D eigenvalue weighted by molar-refractivity contribution is 0.629. The zero-order valence-electron chi connectivity index (χ0n) is 14.8. The molecule has 0 heterocycles. The average Bonchev–Trinajstić information content (AvgIpc) is 2.70. The molecule has 6 aromatic rings. The van der Waals surface area contributed by atoms with E-state index < -0.39 is 0 Å². The van der Waals surface area contributed by atoms with Gasteiger partial charge in [0, 0.05) is 0 Å². The standard InChI is InChI=1S/C26H14F2/c27-21-5-1-15-13-25-17(9-19(15)11-21)3-8-24-23(25)7-4-18-10-20-12-22(28)6-2-16(20)14-26(18)24/h1-14H. The van der Waals surface area contributed by atoms with E-state index >= 15 is 0 Å². The predicted octanol–water partition coefficient (Wildman–Crippen LogP) is 7.73. The van der Waals surface area contributed by atoms with Crippen LogP contribution in [0.3, 0.4) is 0 Å². The molecule has 0 amide bonds. The van der Waals surface area contributed by atoms with E-state index in [1.165, 1.54) is 12.1 Å². The molecule has 0 spiro atoms. The molecule has 0 bridgehead atoms. The van der Waals surface area contributed by atoms with Gasteiger partial charge < -0.3 is 0 Å². The number of hydrogen-bond donors (Lipinski definition) is 0. The van der Waals surface area contributed by atoms with E-state index in [9.17, 15) is 8.78 Å². The van der Waals surface area contributed by atoms with E-state index in [-0.39, 0.29) is 11.6 Å². The maximum Gasteiger partial charge on any atom is 0.123 e. The van der Waals surface area contributed by atoms with E-state index in [1.54, 1.807) is 12.1 Å². The number of hydrogen-bond acceptors (Lipinski definition) is 0. The van der Waals surface area contributed by atoms with Crippen LogP contribution in [0.1, 0.15) is 0 Å². The Kier molecular flexibility index (Phi) is 3.05. The molecular weight excluding hydrogens is 350 g/mol. The Bertz CT molecular complexity index is 1460. The van der Waals surface area contributed by atoms with Gasteiger partial charge in [-0.2, -0.15) is 0 Å². The lowest BCUT2D eigenvalue weighted by Gasteiger charge is -2.10. The van der Waals surface area contributed by atoms with Crippen LogP contribution in [0.4, 0.5) is 8.78 Å². The second-order valence-corrected chi connectivity index (χ2v) is 7.36. The largest absolute Gasteiger partial charge is 0.207 e. The molecule has 0 atom stereocenters. The predicted molar refractivity (Wildman–Crippen MR) is 114 cm³/mol. The van der Waals surface area contributed by atoms with Gasteiger partial charge in [0.05, 0.1) is 0 Å². The molecule has 0 unspecified atom stereocenters. The minimum Gasteiger partial charge on any atom is -0.207 e. The van der Waals surface area contributed by atoms with Crippen molar-refractivity contribution in [2.24, 2.45) is 0 Å². The molecular formula is C26H14F2. The second-order valence-electron chi connectivity index (χ2n) is 7.36. The molecule has 28 heavy (non-hydrogen) atoms. The zero-order valence-corrected chi connectivity index (χ0v) is 14.8. The molecule has 0 aliphatic rings. The van der Waals surface area contributed by atoms with Gasteiger partial charge in [-0.1, -0.05) is 36.4 Å². The Morgan fingerprint density at radius 2 is 0.750 bits per heavy atom. The van der Waals surface area contributed by atoms with Gasteiger partial charge in [-0.05, 0) is 102 Å². The molecule has 6 rings (SSSR count). The van der Waals surface area contributed by atoms with Crippen LogP contribution in [0, 0.1) is 11.6 Å². The van der Waals surface area contributed by atoms with Gasteiger partial charge in [-0.25, -0.2) is 8.78 Å². The first-order valence-electron chi connectivity index (χ1n) is 9.23. The first kappa shape index (κ1) is 15.5. The van der Waals surface area contributed by atoms with Crippen molar-refractivity contribution in [2.75, 3.05) is 0 Å². The highest BCUT2D eigenvalue weighted by Gasteiger charge is 2.08. The normalized spacial score (nSPS) is 11.9. The van der Waals surface area contributed by atoms with Gasteiger partial charge in [-0.3, -0.25) is 0 Å². The molecule has 0 N–H and O–H groups in total. The Hall–Kier alpha value is -3.52. The van der Waals surface area contributed by atoms with Crippen LogP contribution in [0.5, 0.6) is 0 Å². The molecule has 0 nitrogen and oxygen atoms in total. The Morgan fingerprint density at radius 3 is 1.21 bits per heavy atom. The third-order valence-corrected chi connectivity index (χ3v) is 5.67. The van der Waals surface area contributed by atoms with Crippen LogP contribution in [0.2, 0.25) is 0 Å². The van der Waals surface area contributed by atoms with Gasteiger partial charge in [0.15, 0.2) is 0 Å². The minimum atomic E-state index is -0.220. The van der Waals surface area contributed by atoms with E-state index in [4.69, 9.17) is 0 Å². The Balaban J connectivity index is 1.74. The first-order valence-corrected chi connectivity index (χ1v) is 9.23. The Morgan fingerprint density at radius 1 is 0.321 bits per heavy atom. The van der Waals surface area contributed by atoms with Crippen LogP contribution in [0.15, 0.2) is 84.9 Å². The smallest absolute Gasteiger partial charge is 0.123 e. The van der Waals surface area contributed by atoms with Gasteiger partial charge >= 0.3 is 0 Å². The minimum absolute atomic E-state index is 0.220. The van der Waals surface area contributed by atoms with Gasteiger partial charge in [0.25, 0.3) is 0 Å². The number of halogens is 2. The summed E-state index contributed by atoms with van der Waals surface area (Å²) in [5.74, 6) is -0.441. The summed E-state index contributed by atoms with van der Waals surface area (Å²) in [6, 6.07) is 26.6. The van der Waals surface area contributed by atoms with E-state index in [0.29, 0.717) is 0 Å². The van der Waals surface area contributed by atoms with Crippen LogP contribution in [-0.2, 0) is 0 Å². The molecule has 2 heteroatoms. The van der Waals surface area contributed by atoms with Crippen molar-refractivity contribution < 1.29 is 8.78 Å². The summed E-state index contributed by atoms with van der Waals surface area (Å²) in [7, 11) is 0. The summed E-state index contributed by atoms with van der Waals surface area (Å²) in [6.07, 6.45) is 0. The molecule has 0 aliphatic heterocycles. The topological polar surface area (TPSA) is 0 Å². The monoisotopic (exact) mass is 364 g/mol. The highest BCUT2D eigenvalue weighted by atomic mass is 19.1. The lowest BCUT2D eigenvalue weighted by atomic mass is 9.94. The van der Waals surface area contributed by atoms with Crippen LogP contribution < -0.4 is 0 Å². The summed E-state index contributed by atoms with van der Waals surface area (Å²) < 4.78 is 27.2. The maximum atomic E-state index is 13.6. The second kappa shape index (κ2) is 5.49. The Labute approximate surface area is 159 Å². The molecule has 132 valence electrons. The van der Waals surface area contributed by atoms with Gasteiger partial charge in [0.2, 0.25) is 0 Å². The van der Waals surface area contributed by atoms with Crippen molar-refractivity contribution in [1.82, 2.24) is 0 Å². The van der Waals surface area contributed by atoms with E-state index in [1.807, 2.05) is 24.3 Å². The fourth-order valence-electron chi connectivity index (χ4n) is 4.31. The highest BCUT2D eigenvalue weighted by Crippen LogP contribution is 2.35. The first-order chi connectivity index (χ1) is 13.7. The molecule has 0 saturated heterocycles. The number of benzene rings is 6. The summed E-state index contributed by atoms with van der Waals surface area (Å²) in [5, 5.41) is 10.7. The molecule has 0 aliphatic carbocycles. The van der Waals surface area contributed by atoms with Crippen LogP contribution in [-0.4, -0.2) is 0 Å². The third kappa shape index (κ3) is 2.21. The van der Waals surface area contributed by atoms with Crippen molar-refractivity contribution in [1.29, 1.82) is 0 Å². The van der Waals surface area contributed by atoms with Crippen LogP contribution in [0.25, 0.3) is 53.9 Å². The van der Waals surface area contributed by atoms with E-state index in [0.717, 1.165) is 53.9 Å². The maximum absolute atomic E-state index is 13.6. The van der Waals surface area contributed by atoms with Crippen molar-refractivity contribution in [2.45, 2.75) is 0 Å². The highest BCUT2D eigenvalue weighted by molar-refractivity contribution is 6.20. The summed E-state index contributed by atoms with van der Waals surface area (Å²) in [6.45, 7) is 0. The van der Waals surface area contributed by atoms with Gasteiger partial charge in [0.1, 0.15) is 11.6 Å². The third-order valence-electron chi connectivity index (χ3n) is 5.67. The number of fused-ring (bicyclic) bond motifs is 7. The van der Waals surface area contributed by atoms with Crippen molar-refractivity contribution >= 4 is 53.9 Å². The lowest BCUT2D eigenvalue weighted by Crippen LogP contribution is -1.84. The summed E-state index contributed by atoms with van der Waals surface area (Å²) in [5.41, 5.74) is 0. The molecule has 0 radical (unpaired) electrons. The summed E-state index contributed by atoms with van der Waals surface area (Å²) in [4.78, 5) is 0. The molecule has 0 saturated carbocycles. The van der Waals surface area contributed by atoms with Crippen molar-refractivity contribution in [3.8, 4) is 0 Å². The molecule has 6 aromatic carbocycles.